The molecule has 0 radical (unpaired) electrons. The Balaban J connectivity index is 2.11. The summed E-state index contributed by atoms with van der Waals surface area (Å²) in [5.74, 6) is 0.872. The van der Waals surface area contributed by atoms with Crippen LogP contribution in [0.4, 0.5) is 0 Å². The number of hydrogen-bond acceptors (Lipinski definition) is 4. The van der Waals surface area contributed by atoms with Crippen molar-refractivity contribution in [2.24, 2.45) is 0 Å². The van der Waals surface area contributed by atoms with E-state index < -0.39 is 0 Å². The summed E-state index contributed by atoms with van der Waals surface area (Å²) in [5.41, 5.74) is 1.23. The summed E-state index contributed by atoms with van der Waals surface area (Å²) in [6.45, 7) is 4.05. The molecule has 0 atom stereocenters. The first kappa shape index (κ1) is 14.9. The molecule has 0 unspecified atom stereocenters. The molecule has 0 amide bonds. The highest BCUT2D eigenvalue weighted by atomic mass is 32.2. The Labute approximate surface area is 124 Å². The van der Waals surface area contributed by atoms with Gasteiger partial charge >= 0.3 is 0 Å². The highest BCUT2D eigenvalue weighted by molar-refractivity contribution is 7.99. The van der Waals surface area contributed by atoms with E-state index in [0.29, 0.717) is 0 Å². The Hall–Kier alpha value is -1.52. The van der Waals surface area contributed by atoms with Gasteiger partial charge in [-0.3, -0.25) is 0 Å². The summed E-state index contributed by atoms with van der Waals surface area (Å²) in [5, 5.41) is 4.47. The lowest BCUT2D eigenvalue weighted by Gasteiger charge is -2.09. The van der Waals surface area contributed by atoms with Crippen molar-refractivity contribution in [3.8, 4) is 5.75 Å². The molecular formula is C16H20N2OS. The second-order valence-corrected chi connectivity index (χ2v) is 5.49. The fourth-order valence-electron chi connectivity index (χ4n) is 1.83. The van der Waals surface area contributed by atoms with Crippen LogP contribution >= 0.6 is 11.8 Å². The quantitative estimate of drug-likeness (QED) is 0.787. The van der Waals surface area contributed by atoms with Crippen LogP contribution in [0.3, 0.4) is 0 Å². The summed E-state index contributed by atoms with van der Waals surface area (Å²) in [6.07, 6.45) is 2.98. The van der Waals surface area contributed by atoms with E-state index in [2.05, 4.69) is 29.4 Å². The zero-order valence-electron chi connectivity index (χ0n) is 11.9. The second kappa shape index (κ2) is 7.92. The van der Waals surface area contributed by atoms with Gasteiger partial charge in [-0.25, -0.2) is 4.98 Å². The standard InChI is InChI=1S/C16H20N2OS/c1-3-9-17-12-13-6-5-10-18-16(13)20-15-8-4-7-14(11-15)19-2/h4-8,10-11,17H,3,9,12H2,1-2H3. The minimum Gasteiger partial charge on any atom is -0.497 e. The Morgan fingerprint density at radius 2 is 2.15 bits per heavy atom. The molecule has 0 aliphatic carbocycles. The molecule has 1 aromatic carbocycles. The highest BCUT2D eigenvalue weighted by Gasteiger charge is 2.06. The highest BCUT2D eigenvalue weighted by Crippen LogP contribution is 2.30. The zero-order valence-corrected chi connectivity index (χ0v) is 12.7. The Morgan fingerprint density at radius 3 is 2.95 bits per heavy atom. The first-order valence-corrected chi connectivity index (χ1v) is 7.61. The van der Waals surface area contributed by atoms with Crippen LogP contribution in [0.5, 0.6) is 5.75 Å². The van der Waals surface area contributed by atoms with E-state index in [1.807, 2.05) is 30.5 Å². The Morgan fingerprint density at radius 1 is 1.25 bits per heavy atom. The van der Waals surface area contributed by atoms with Crippen LogP contribution in [0.25, 0.3) is 0 Å². The van der Waals surface area contributed by atoms with Gasteiger partial charge in [-0.1, -0.05) is 30.8 Å². The van der Waals surface area contributed by atoms with Gasteiger partial charge in [0.05, 0.1) is 7.11 Å². The van der Waals surface area contributed by atoms with Crippen LogP contribution in [-0.2, 0) is 6.54 Å². The van der Waals surface area contributed by atoms with E-state index in [-0.39, 0.29) is 0 Å². The van der Waals surface area contributed by atoms with Crippen molar-refractivity contribution in [3.05, 3.63) is 48.2 Å². The lowest BCUT2D eigenvalue weighted by Crippen LogP contribution is -2.14. The molecule has 3 nitrogen and oxygen atoms in total. The molecule has 2 aromatic rings. The molecule has 0 fully saturated rings. The number of nitrogens with zero attached hydrogens (tertiary/aromatic N) is 1. The number of rotatable bonds is 7. The average Bonchev–Trinajstić information content (AvgIpc) is 2.49. The predicted octanol–water partition coefficient (Wildman–Crippen LogP) is 3.74. The van der Waals surface area contributed by atoms with Gasteiger partial charge in [-0.2, -0.15) is 0 Å². The van der Waals surface area contributed by atoms with E-state index in [0.717, 1.165) is 35.2 Å². The van der Waals surface area contributed by atoms with Crippen molar-refractivity contribution in [1.82, 2.24) is 10.3 Å². The van der Waals surface area contributed by atoms with Gasteiger partial charge in [0.25, 0.3) is 0 Å². The van der Waals surface area contributed by atoms with Crippen molar-refractivity contribution < 1.29 is 4.74 Å². The molecule has 20 heavy (non-hydrogen) atoms. The minimum atomic E-state index is 0.855. The molecule has 0 aliphatic heterocycles. The van der Waals surface area contributed by atoms with Crippen LogP contribution in [0, 0.1) is 0 Å². The molecule has 4 heteroatoms. The molecule has 1 heterocycles. The number of hydrogen-bond donors (Lipinski definition) is 1. The maximum absolute atomic E-state index is 5.26. The Bertz CT molecular complexity index is 546. The molecule has 0 spiro atoms. The summed E-state index contributed by atoms with van der Waals surface area (Å²) >= 11 is 1.67. The van der Waals surface area contributed by atoms with Gasteiger partial charge in [0, 0.05) is 17.6 Å². The van der Waals surface area contributed by atoms with Crippen LogP contribution < -0.4 is 10.1 Å². The van der Waals surface area contributed by atoms with Crippen LogP contribution in [0.1, 0.15) is 18.9 Å². The third kappa shape index (κ3) is 4.25. The smallest absolute Gasteiger partial charge is 0.119 e. The van der Waals surface area contributed by atoms with Gasteiger partial charge in [-0.15, -0.1) is 0 Å². The first-order valence-electron chi connectivity index (χ1n) is 6.80. The van der Waals surface area contributed by atoms with Crippen LogP contribution in [-0.4, -0.2) is 18.6 Å². The SMILES string of the molecule is CCCNCc1cccnc1Sc1cccc(OC)c1. The topological polar surface area (TPSA) is 34.2 Å². The average molecular weight is 288 g/mol. The van der Waals surface area contributed by atoms with Crippen molar-refractivity contribution in [2.75, 3.05) is 13.7 Å². The van der Waals surface area contributed by atoms with Gasteiger partial charge in [-0.05, 0) is 42.8 Å². The molecule has 0 saturated heterocycles. The zero-order chi connectivity index (χ0) is 14.2. The number of nitrogens with one attached hydrogen (secondary N) is 1. The maximum Gasteiger partial charge on any atom is 0.119 e. The molecule has 2 rings (SSSR count). The summed E-state index contributed by atoms with van der Waals surface area (Å²) in [6, 6.07) is 12.2. The number of pyridine rings is 1. The van der Waals surface area contributed by atoms with Gasteiger partial charge in [0.15, 0.2) is 0 Å². The van der Waals surface area contributed by atoms with Crippen LogP contribution in [0.2, 0.25) is 0 Å². The van der Waals surface area contributed by atoms with E-state index in [1.54, 1.807) is 18.9 Å². The number of benzene rings is 1. The lowest BCUT2D eigenvalue weighted by molar-refractivity contribution is 0.413. The monoisotopic (exact) mass is 288 g/mol. The third-order valence-corrected chi connectivity index (χ3v) is 3.90. The third-order valence-electron chi connectivity index (χ3n) is 2.85. The molecule has 0 saturated carbocycles. The van der Waals surface area contributed by atoms with Gasteiger partial charge in [0.2, 0.25) is 0 Å². The van der Waals surface area contributed by atoms with Crippen molar-refractivity contribution in [1.29, 1.82) is 0 Å². The normalized spacial score (nSPS) is 10.5. The van der Waals surface area contributed by atoms with E-state index >= 15 is 0 Å². The Kier molecular flexibility index (Phi) is 5.89. The molecule has 0 aliphatic rings. The molecule has 106 valence electrons. The molecule has 1 N–H and O–H groups in total. The molecule has 0 bridgehead atoms. The second-order valence-electron chi connectivity index (χ2n) is 4.43. The number of methoxy groups -OCH3 is 1. The largest absolute Gasteiger partial charge is 0.497 e. The minimum absolute atomic E-state index is 0.855. The van der Waals surface area contributed by atoms with Crippen LogP contribution in [0.15, 0.2) is 52.5 Å². The lowest BCUT2D eigenvalue weighted by atomic mass is 10.3. The van der Waals surface area contributed by atoms with E-state index in [9.17, 15) is 0 Å². The fraction of sp³-hybridized carbons (Fsp3) is 0.312. The van der Waals surface area contributed by atoms with Gasteiger partial charge in [0.1, 0.15) is 10.8 Å². The van der Waals surface area contributed by atoms with Gasteiger partial charge < -0.3 is 10.1 Å². The number of ether oxygens (including phenoxy) is 1. The van der Waals surface area contributed by atoms with E-state index in [1.165, 1.54) is 5.56 Å². The van der Waals surface area contributed by atoms with Crippen molar-refractivity contribution >= 4 is 11.8 Å². The molecular weight excluding hydrogens is 268 g/mol. The van der Waals surface area contributed by atoms with E-state index in [4.69, 9.17) is 4.74 Å². The summed E-state index contributed by atoms with van der Waals surface area (Å²) in [4.78, 5) is 5.63. The predicted molar refractivity (Wildman–Crippen MR) is 83.4 cm³/mol. The van der Waals surface area contributed by atoms with Crippen molar-refractivity contribution in [2.45, 2.75) is 29.8 Å². The number of aromatic nitrogens is 1. The molecule has 1 aromatic heterocycles. The summed E-state index contributed by atoms with van der Waals surface area (Å²) < 4.78 is 5.26. The fourth-order valence-corrected chi connectivity index (χ4v) is 2.76. The summed E-state index contributed by atoms with van der Waals surface area (Å²) in [7, 11) is 1.69. The van der Waals surface area contributed by atoms with Crippen molar-refractivity contribution in [3.63, 3.8) is 0 Å². The first-order chi connectivity index (χ1) is 9.83. The maximum atomic E-state index is 5.26.